The molecule has 35 heavy (non-hydrogen) atoms. The van der Waals surface area contributed by atoms with Crippen LogP contribution in [0.2, 0.25) is 0 Å². The van der Waals surface area contributed by atoms with E-state index >= 15 is 0 Å². The smallest absolute Gasteiger partial charge is 0.275 e. The van der Waals surface area contributed by atoms with Gasteiger partial charge in [0.2, 0.25) is 0 Å². The second kappa shape index (κ2) is 9.87. The van der Waals surface area contributed by atoms with Crippen molar-refractivity contribution in [3.8, 4) is 5.75 Å². The van der Waals surface area contributed by atoms with Gasteiger partial charge in [-0.3, -0.25) is 9.52 Å². The maximum Gasteiger partial charge on any atom is 0.275 e. The number of likely N-dealkylation sites (tertiary alicyclic amines) is 1. The zero-order valence-corrected chi connectivity index (χ0v) is 20.7. The Labute approximate surface area is 206 Å². The molecule has 2 aliphatic rings. The van der Waals surface area contributed by atoms with Crippen molar-refractivity contribution in [1.29, 1.82) is 0 Å². The number of aryl methyl sites for hydroxylation is 1. The third-order valence-electron chi connectivity index (χ3n) is 7.08. The molecule has 1 N–H and O–H groups in total. The highest BCUT2D eigenvalue weighted by Gasteiger charge is 2.35. The van der Waals surface area contributed by atoms with Gasteiger partial charge in [0.1, 0.15) is 11.4 Å². The Hall–Kier alpha value is -3.10. The molecule has 5 rings (SSSR count). The summed E-state index contributed by atoms with van der Waals surface area (Å²) in [6, 6.07) is 20.2. The van der Waals surface area contributed by atoms with Gasteiger partial charge in [-0.15, -0.1) is 0 Å². The van der Waals surface area contributed by atoms with E-state index in [4.69, 9.17) is 4.74 Å². The highest BCUT2D eigenvalue weighted by molar-refractivity contribution is 7.92. The van der Waals surface area contributed by atoms with Gasteiger partial charge in [-0.2, -0.15) is 0 Å². The number of ether oxygens (including phenoxy) is 1. The molecule has 2 bridgehead atoms. The van der Waals surface area contributed by atoms with Gasteiger partial charge in [0.15, 0.2) is 0 Å². The maximum absolute atomic E-state index is 13.3. The number of aromatic nitrogens is 1. The Bertz CT molecular complexity index is 1340. The number of benzene rings is 2. The Morgan fingerprint density at radius 2 is 1.74 bits per heavy atom. The molecule has 2 atom stereocenters. The molecule has 8 heteroatoms. The van der Waals surface area contributed by atoms with Crippen molar-refractivity contribution in [3.05, 3.63) is 88.3 Å². The van der Waals surface area contributed by atoms with Crippen molar-refractivity contribution in [2.45, 2.75) is 36.6 Å². The van der Waals surface area contributed by atoms with Crippen molar-refractivity contribution in [1.82, 2.24) is 9.47 Å². The van der Waals surface area contributed by atoms with Crippen LogP contribution >= 0.6 is 0 Å². The van der Waals surface area contributed by atoms with Crippen LogP contribution in [-0.2, 0) is 23.0 Å². The van der Waals surface area contributed by atoms with Crippen molar-refractivity contribution in [2.75, 3.05) is 31.5 Å². The molecule has 3 heterocycles. The van der Waals surface area contributed by atoms with Crippen LogP contribution in [0.25, 0.3) is 0 Å². The molecule has 1 aromatic heterocycles. The standard InChI is InChI=1S/C27H31N3O4S/c1-34-23-9-11-24(12-10-23)35(32,33)28-25-13-14-26-22-16-21(18-30(26)27(25)31)17-29(19-22)15-5-8-20-6-3-2-4-7-20/h2-4,6-7,9-14,21-22,28H,5,8,15-19H2,1H3. The lowest BCUT2D eigenvalue weighted by atomic mass is 9.83. The number of fused-ring (bicyclic) bond motifs is 4. The number of rotatable bonds is 8. The van der Waals surface area contributed by atoms with Crippen LogP contribution in [0.5, 0.6) is 5.75 Å². The summed E-state index contributed by atoms with van der Waals surface area (Å²) >= 11 is 0. The summed E-state index contributed by atoms with van der Waals surface area (Å²) in [5.74, 6) is 1.25. The summed E-state index contributed by atoms with van der Waals surface area (Å²) in [6.07, 6.45) is 3.26. The third-order valence-corrected chi connectivity index (χ3v) is 8.46. The second-order valence-corrected chi connectivity index (χ2v) is 11.2. The van der Waals surface area contributed by atoms with Crippen LogP contribution in [-0.4, -0.2) is 44.6 Å². The second-order valence-electron chi connectivity index (χ2n) is 9.52. The van der Waals surface area contributed by atoms with Crippen molar-refractivity contribution in [2.24, 2.45) is 5.92 Å². The van der Waals surface area contributed by atoms with Gasteiger partial charge in [-0.1, -0.05) is 30.3 Å². The molecule has 3 aromatic rings. The number of nitrogens with zero attached hydrogens (tertiary/aromatic N) is 2. The fourth-order valence-corrected chi connectivity index (χ4v) is 6.47. The van der Waals surface area contributed by atoms with E-state index in [1.807, 2.05) is 12.1 Å². The van der Waals surface area contributed by atoms with Crippen LogP contribution in [0, 0.1) is 5.92 Å². The predicted octanol–water partition coefficient (Wildman–Crippen LogP) is 3.71. The Kier molecular flexibility index (Phi) is 6.67. The van der Waals surface area contributed by atoms with E-state index in [-0.39, 0.29) is 16.1 Å². The van der Waals surface area contributed by atoms with Crippen LogP contribution in [0.4, 0.5) is 5.69 Å². The zero-order chi connectivity index (χ0) is 24.4. The molecule has 2 unspecified atom stereocenters. The number of piperidine rings is 1. The van der Waals surface area contributed by atoms with Gasteiger partial charge < -0.3 is 14.2 Å². The monoisotopic (exact) mass is 493 g/mol. The van der Waals surface area contributed by atoms with Gasteiger partial charge in [-0.05, 0) is 73.7 Å². The van der Waals surface area contributed by atoms with Gasteiger partial charge >= 0.3 is 0 Å². The summed E-state index contributed by atoms with van der Waals surface area (Å²) in [7, 11) is -2.35. The van der Waals surface area contributed by atoms with Gasteiger partial charge in [-0.25, -0.2) is 8.42 Å². The largest absolute Gasteiger partial charge is 0.497 e. The number of sulfonamides is 1. The highest BCUT2D eigenvalue weighted by Crippen LogP contribution is 2.35. The summed E-state index contributed by atoms with van der Waals surface area (Å²) in [5.41, 5.74) is 2.19. The molecule has 0 amide bonds. The number of pyridine rings is 1. The van der Waals surface area contributed by atoms with Gasteiger partial charge in [0, 0.05) is 31.2 Å². The molecule has 2 aromatic carbocycles. The fourth-order valence-electron chi connectivity index (χ4n) is 5.42. The summed E-state index contributed by atoms with van der Waals surface area (Å²) < 4.78 is 35.1. The third kappa shape index (κ3) is 5.13. The summed E-state index contributed by atoms with van der Waals surface area (Å²) in [6.45, 7) is 3.57. The van der Waals surface area contributed by atoms with Crippen LogP contribution in [0.3, 0.4) is 0 Å². The molecule has 0 saturated carbocycles. The Balaban J connectivity index is 1.28. The molecule has 0 spiro atoms. The van der Waals surface area contributed by atoms with Gasteiger partial charge in [0.05, 0.1) is 12.0 Å². The first kappa shape index (κ1) is 23.6. The first-order valence-corrected chi connectivity index (χ1v) is 13.6. The molecule has 1 fully saturated rings. The predicted molar refractivity (Wildman–Crippen MR) is 137 cm³/mol. The first-order chi connectivity index (χ1) is 16.9. The van der Waals surface area contributed by atoms with Crippen molar-refractivity contribution < 1.29 is 13.2 Å². The number of hydrogen-bond donors (Lipinski definition) is 1. The summed E-state index contributed by atoms with van der Waals surface area (Å²) in [4.78, 5) is 15.9. The molecule has 0 aliphatic carbocycles. The topological polar surface area (TPSA) is 80.6 Å². The first-order valence-electron chi connectivity index (χ1n) is 12.1. The number of hydrogen-bond acceptors (Lipinski definition) is 5. The lowest BCUT2D eigenvalue weighted by Crippen LogP contribution is -2.47. The lowest BCUT2D eigenvalue weighted by Gasteiger charge is -2.43. The van der Waals surface area contributed by atoms with Crippen LogP contribution in [0.1, 0.15) is 30.0 Å². The average molecular weight is 494 g/mol. The number of nitrogens with one attached hydrogen (secondary N) is 1. The lowest BCUT2D eigenvalue weighted by molar-refractivity contribution is 0.119. The SMILES string of the molecule is COc1ccc(S(=O)(=O)Nc2ccc3n(c2=O)CC2CC3CN(CCCc3ccccc3)C2)cc1. The molecule has 0 radical (unpaired) electrons. The normalized spacial score (nSPS) is 19.7. The number of methoxy groups -OCH3 is 1. The number of anilines is 1. The van der Waals surface area contributed by atoms with E-state index in [9.17, 15) is 13.2 Å². The summed E-state index contributed by atoms with van der Waals surface area (Å²) in [5, 5.41) is 0. The van der Waals surface area contributed by atoms with Crippen molar-refractivity contribution in [3.63, 3.8) is 0 Å². The fraction of sp³-hybridized carbons (Fsp3) is 0.370. The van der Waals surface area contributed by atoms with E-state index in [1.54, 1.807) is 22.8 Å². The van der Waals surface area contributed by atoms with E-state index in [1.165, 1.54) is 24.8 Å². The van der Waals surface area contributed by atoms with Crippen LogP contribution in [0.15, 0.2) is 76.4 Å². The molecular formula is C27H31N3O4S. The zero-order valence-electron chi connectivity index (χ0n) is 19.9. The highest BCUT2D eigenvalue weighted by atomic mass is 32.2. The van der Waals surface area contributed by atoms with Crippen LogP contribution < -0.4 is 15.0 Å². The molecule has 1 saturated heterocycles. The Morgan fingerprint density at radius 1 is 0.971 bits per heavy atom. The molecular weight excluding hydrogens is 462 g/mol. The maximum atomic E-state index is 13.3. The minimum atomic E-state index is -3.88. The van der Waals surface area contributed by atoms with E-state index < -0.39 is 10.0 Å². The minimum absolute atomic E-state index is 0.0865. The quantitative estimate of drug-likeness (QED) is 0.518. The van der Waals surface area contributed by atoms with Crippen molar-refractivity contribution >= 4 is 15.7 Å². The van der Waals surface area contributed by atoms with E-state index in [0.29, 0.717) is 24.1 Å². The molecule has 7 nitrogen and oxygen atoms in total. The molecule has 184 valence electrons. The minimum Gasteiger partial charge on any atom is -0.497 e. The molecule has 2 aliphatic heterocycles. The van der Waals surface area contributed by atoms with E-state index in [0.717, 1.165) is 44.6 Å². The van der Waals surface area contributed by atoms with E-state index in [2.05, 4.69) is 33.9 Å². The Morgan fingerprint density at radius 3 is 2.49 bits per heavy atom. The average Bonchev–Trinajstić information content (AvgIpc) is 2.86. The van der Waals surface area contributed by atoms with Gasteiger partial charge in [0.25, 0.3) is 15.6 Å².